The smallest absolute Gasteiger partial charge is 0.302 e. The highest BCUT2D eigenvalue weighted by molar-refractivity contribution is 6.18. The van der Waals surface area contributed by atoms with Crippen molar-refractivity contribution < 1.29 is 14.6 Å². The lowest BCUT2D eigenvalue weighted by Gasteiger charge is -2.04. The number of carbonyl (C=O) groups is 1. The number of rotatable bonds is 3. The van der Waals surface area contributed by atoms with Gasteiger partial charge in [-0.3, -0.25) is 4.79 Å². The minimum Gasteiger partial charge on any atom is -0.463 e. The summed E-state index contributed by atoms with van der Waals surface area (Å²) in [6, 6.07) is 0. The molecular weight excluding hydrogens is 182 g/mol. The average Bonchev–Trinajstić information content (AvgIpc) is 2.01. The SMILES string of the molecule is CC(=O)OCC(O)CCl.CNC. The van der Waals surface area contributed by atoms with Gasteiger partial charge >= 0.3 is 5.97 Å². The van der Waals surface area contributed by atoms with Gasteiger partial charge in [0.05, 0.1) is 5.88 Å². The van der Waals surface area contributed by atoms with Gasteiger partial charge in [0.2, 0.25) is 0 Å². The Morgan fingerprint density at radius 1 is 1.67 bits per heavy atom. The summed E-state index contributed by atoms with van der Waals surface area (Å²) in [6.45, 7) is 1.26. The second-order valence-electron chi connectivity index (χ2n) is 2.11. The molecule has 12 heavy (non-hydrogen) atoms. The van der Waals surface area contributed by atoms with Crippen molar-refractivity contribution in [1.82, 2.24) is 5.32 Å². The Morgan fingerprint density at radius 2 is 2.08 bits per heavy atom. The summed E-state index contributed by atoms with van der Waals surface area (Å²) in [4.78, 5) is 10.1. The highest BCUT2D eigenvalue weighted by atomic mass is 35.5. The zero-order chi connectivity index (χ0) is 9.98. The number of hydrogen-bond acceptors (Lipinski definition) is 4. The van der Waals surface area contributed by atoms with Crippen LogP contribution in [0.2, 0.25) is 0 Å². The molecule has 0 fully saturated rings. The van der Waals surface area contributed by atoms with E-state index in [0.29, 0.717) is 0 Å². The average molecular weight is 198 g/mol. The fraction of sp³-hybridized carbons (Fsp3) is 0.857. The van der Waals surface area contributed by atoms with E-state index < -0.39 is 12.1 Å². The largest absolute Gasteiger partial charge is 0.463 e. The number of carbonyl (C=O) groups excluding carboxylic acids is 1. The van der Waals surface area contributed by atoms with Crippen LogP contribution >= 0.6 is 11.6 Å². The molecule has 0 rings (SSSR count). The zero-order valence-corrected chi connectivity index (χ0v) is 8.39. The van der Waals surface area contributed by atoms with Crippen molar-refractivity contribution in [2.45, 2.75) is 13.0 Å². The number of alkyl halides is 1. The van der Waals surface area contributed by atoms with Gasteiger partial charge in [0, 0.05) is 6.92 Å². The van der Waals surface area contributed by atoms with Crippen molar-refractivity contribution in [3.63, 3.8) is 0 Å². The Morgan fingerprint density at radius 3 is 2.33 bits per heavy atom. The van der Waals surface area contributed by atoms with Crippen LogP contribution in [-0.2, 0) is 9.53 Å². The van der Waals surface area contributed by atoms with Gasteiger partial charge in [0.25, 0.3) is 0 Å². The summed E-state index contributed by atoms with van der Waals surface area (Å²) >= 11 is 5.19. The maximum Gasteiger partial charge on any atom is 0.302 e. The first-order chi connectivity index (χ1) is 5.58. The first-order valence-electron chi connectivity index (χ1n) is 3.54. The molecule has 4 nitrogen and oxygen atoms in total. The molecule has 5 heteroatoms. The topological polar surface area (TPSA) is 58.6 Å². The van der Waals surface area contributed by atoms with Crippen molar-refractivity contribution in [1.29, 1.82) is 0 Å². The van der Waals surface area contributed by atoms with Crippen LogP contribution in [0.25, 0.3) is 0 Å². The molecule has 0 spiro atoms. The van der Waals surface area contributed by atoms with E-state index in [1.54, 1.807) is 0 Å². The second kappa shape index (κ2) is 10.7. The number of esters is 1. The molecule has 0 aromatic heterocycles. The molecule has 0 aromatic rings. The van der Waals surface area contributed by atoms with Crippen LogP contribution in [0.4, 0.5) is 0 Å². The van der Waals surface area contributed by atoms with Crippen molar-refractivity contribution >= 4 is 17.6 Å². The van der Waals surface area contributed by atoms with Gasteiger partial charge in [0.1, 0.15) is 12.7 Å². The third-order valence-corrected chi connectivity index (χ3v) is 1.01. The van der Waals surface area contributed by atoms with E-state index >= 15 is 0 Å². The van der Waals surface area contributed by atoms with Crippen molar-refractivity contribution in [2.75, 3.05) is 26.6 Å². The molecule has 0 amide bonds. The van der Waals surface area contributed by atoms with Crippen LogP contribution in [0.1, 0.15) is 6.92 Å². The monoisotopic (exact) mass is 197 g/mol. The van der Waals surface area contributed by atoms with E-state index in [1.807, 2.05) is 14.1 Å². The Kier molecular flexibility index (Phi) is 12.7. The molecule has 1 unspecified atom stereocenters. The first kappa shape index (κ1) is 14.2. The van der Waals surface area contributed by atoms with Gasteiger partial charge in [-0.05, 0) is 14.1 Å². The van der Waals surface area contributed by atoms with Gasteiger partial charge in [0.15, 0.2) is 0 Å². The summed E-state index contributed by atoms with van der Waals surface area (Å²) in [5, 5.41) is 11.4. The minimum absolute atomic E-state index is 0.0150. The molecular formula is C7H16ClNO3. The zero-order valence-electron chi connectivity index (χ0n) is 7.63. The first-order valence-corrected chi connectivity index (χ1v) is 4.07. The maximum atomic E-state index is 10.1. The minimum atomic E-state index is -0.740. The molecule has 0 aliphatic rings. The molecule has 0 heterocycles. The van der Waals surface area contributed by atoms with Crippen molar-refractivity contribution in [3.05, 3.63) is 0 Å². The number of hydrogen-bond donors (Lipinski definition) is 2. The molecule has 0 saturated heterocycles. The number of nitrogens with one attached hydrogen (secondary N) is 1. The summed E-state index contributed by atoms with van der Waals surface area (Å²) in [5.41, 5.74) is 0. The Balaban J connectivity index is 0. The van der Waals surface area contributed by atoms with Gasteiger partial charge in [-0.2, -0.15) is 0 Å². The third kappa shape index (κ3) is 16.3. The number of aliphatic hydroxyl groups excluding tert-OH is 1. The summed E-state index contributed by atoms with van der Waals surface area (Å²) in [7, 11) is 3.75. The number of halogens is 1. The Hall–Kier alpha value is -0.320. The van der Waals surface area contributed by atoms with Crippen LogP contribution in [-0.4, -0.2) is 43.8 Å². The normalized spacial score (nSPS) is 11.1. The van der Waals surface area contributed by atoms with E-state index in [1.165, 1.54) is 6.92 Å². The molecule has 0 saturated carbocycles. The molecule has 2 N–H and O–H groups in total. The highest BCUT2D eigenvalue weighted by Gasteiger charge is 2.02. The van der Waals surface area contributed by atoms with Gasteiger partial charge < -0.3 is 15.2 Å². The van der Waals surface area contributed by atoms with Crippen LogP contribution in [0.5, 0.6) is 0 Å². The van der Waals surface area contributed by atoms with Crippen LogP contribution in [0, 0.1) is 0 Å². The van der Waals surface area contributed by atoms with E-state index in [-0.39, 0.29) is 12.5 Å². The standard InChI is InChI=1S/C5H9ClO3.C2H7N/c1-4(7)9-3-5(8)2-6;1-3-2/h5,8H,2-3H2,1H3;3H,1-2H3. The van der Waals surface area contributed by atoms with Crippen molar-refractivity contribution in [2.24, 2.45) is 0 Å². The van der Waals surface area contributed by atoms with Gasteiger partial charge in [-0.15, -0.1) is 11.6 Å². The van der Waals surface area contributed by atoms with E-state index in [2.05, 4.69) is 10.1 Å². The Labute approximate surface area is 77.9 Å². The Bertz CT molecular complexity index is 111. The second-order valence-corrected chi connectivity index (χ2v) is 2.42. The summed E-state index contributed by atoms with van der Waals surface area (Å²) in [5.74, 6) is -0.313. The van der Waals surface area contributed by atoms with E-state index in [9.17, 15) is 4.79 Å². The summed E-state index contributed by atoms with van der Waals surface area (Å²) < 4.78 is 4.42. The van der Waals surface area contributed by atoms with E-state index in [0.717, 1.165) is 0 Å². The van der Waals surface area contributed by atoms with Crippen molar-refractivity contribution in [3.8, 4) is 0 Å². The molecule has 74 valence electrons. The van der Waals surface area contributed by atoms with Crippen LogP contribution < -0.4 is 5.32 Å². The van der Waals surface area contributed by atoms with E-state index in [4.69, 9.17) is 16.7 Å². The third-order valence-electron chi connectivity index (χ3n) is 0.657. The highest BCUT2D eigenvalue weighted by Crippen LogP contribution is 1.88. The lowest BCUT2D eigenvalue weighted by atomic mass is 10.4. The molecule has 0 aliphatic heterocycles. The van der Waals surface area contributed by atoms with Crippen LogP contribution in [0.3, 0.4) is 0 Å². The molecule has 1 atom stereocenters. The number of ether oxygens (including phenoxy) is 1. The summed E-state index contributed by atoms with van der Waals surface area (Å²) in [6.07, 6.45) is -0.740. The quantitative estimate of drug-likeness (QED) is 0.494. The maximum absolute atomic E-state index is 10.1. The fourth-order valence-corrected chi connectivity index (χ4v) is 0.347. The van der Waals surface area contributed by atoms with Gasteiger partial charge in [-0.1, -0.05) is 0 Å². The van der Waals surface area contributed by atoms with Gasteiger partial charge in [-0.25, -0.2) is 0 Å². The lowest BCUT2D eigenvalue weighted by molar-refractivity contribution is -0.143. The predicted octanol–water partition coefficient (Wildman–Crippen LogP) is -0.0152. The predicted molar refractivity (Wildman–Crippen MR) is 48.3 cm³/mol. The number of aliphatic hydroxyl groups is 1. The fourth-order valence-electron chi connectivity index (χ4n) is 0.258. The molecule has 0 aliphatic carbocycles. The van der Waals surface area contributed by atoms with Crippen LogP contribution in [0.15, 0.2) is 0 Å². The lowest BCUT2D eigenvalue weighted by Crippen LogP contribution is -2.18. The molecule has 0 bridgehead atoms. The molecule has 0 radical (unpaired) electrons. The molecule has 0 aromatic carbocycles.